The number of benzene rings is 10. The van der Waals surface area contributed by atoms with Gasteiger partial charge in [-0.2, -0.15) is 0 Å². The number of fused-ring (bicyclic) bond motifs is 5. The van der Waals surface area contributed by atoms with Crippen LogP contribution in [0.4, 0.5) is 34.1 Å². The van der Waals surface area contributed by atoms with Crippen LogP contribution in [0.5, 0.6) is 0 Å². The van der Waals surface area contributed by atoms with Crippen LogP contribution in [-0.2, 0) is 5.41 Å². The molecule has 1 aromatic heterocycles. The number of para-hydroxylation sites is 3. The van der Waals surface area contributed by atoms with Crippen molar-refractivity contribution in [1.29, 1.82) is 0 Å². The first kappa shape index (κ1) is 38.1. The van der Waals surface area contributed by atoms with Crippen LogP contribution in [0.25, 0.3) is 65.7 Å². The van der Waals surface area contributed by atoms with E-state index in [-0.39, 0.29) is 5.41 Å². The molecule has 10 aromatic carbocycles. The third-order valence-corrected chi connectivity index (χ3v) is 12.3. The Morgan fingerprint density at radius 3 is 1.19 bits per heavy atom. The molecule has 3 heteroatoms. The van der Waals surface area contributed by atoms with E-state index in [2.05, 4.69) is 255 Å². The molecule has 0 unspecified atom stereocenters. The van der Waals surface area contributed by atoms with Crippen molar-refractivity contribution in [1.82, 2.24) is 0 Å². The van der Waals surface area contributed by atoms with E-state index >= 15 is 0 Å². The van der Waals surface area contributed by atoms with Crippen LogP contribution in [0.2, 0.25) is 0 Å². The normalized spacial score (nSPS) is 11.7. The summed E-state index contributed by atoms with van der Waals surface area (Å²) in [6.45, 7) is 6.79. The largest absolute Gasteiger partial charge is 0.456 e. The quantitative estimate of drug-likeness (QED) is 0.152. The fraction of sp³-hybridized carbons (Fsp3) is 0.0667. The predicted octanol–water partition coefficient (Wildman–Crippen LogP) is 17.5. The lowest BCUT2D eigenvalue weighted by molar-refractivity contribution is 0.590. The maximum Gasteiger partial charge on any atom is 0.136 e. The van der Waals surface area contributed by atoms with Gasteiger partial charge in [0, 0.05) is 44.6 Å². The molecule has 0 aliphatic carbocycles. The van der Waals surface area contributed by atoms with E-state index in [0.29, 0.717) is 0 Å². The molecule has 11 rings (SSSR count). The summed E-state index contributed by atoms with van der Waals surface area (Å²) in [6, 6.07) is 80.9. The Bertz CT molecular complexity index is 3420. The number of furan rings is 1. The first-order valence-corrected chi connectivity index (χ1v) is 21.7. The Morgan fingerprint density at radius 1 is 0.333 bits per heavy atom. The summed E-state index contributed by atoms with van der Waals surface area (Å²) >= 11 is 0. The van der Waals surface area contributed by atoms with Crippen LogP contribution < -0.4 is 9.80 Å². The molecule has 0 aliphatic heterocycles. The maximum absolute atomic E-state index is 6.78. The average molecular weight is 811 g/mol. The van der Waals surface area contributed by atoms with Crippen molar-refractivity contribution >= 4 is 77.6 Å². The zero-order valence-electron chi connectivity index (χ0n) is 35.7. The van der Waals surface area contributed by atoms with E-state index in [9.17, 15) is 0 Å². The second-order valence-electron chi connectivity index (χ2n) is 17.4. The zero-order valence-corrected chi connectivity index (χ0v) is 35.7. The highest BCUT2D eigenvalue weighted by Crippen LogP contribution is 2.45. The molecule has 0 atom stereocenters. The van der Waals surface area contributed by atoms with Crippen molar-refractivity contribution in [3.05, 3.63) is 230 Å². The molecule has 0 saturated carbocycles. The van der Waals surface area contributed by atoms with Gasteiger partial charge in [0.25, 0.3) is 0 Å². The predicted molar refractivity (Wildman–Crippen MR) is 268 cm³/mol. The molecule has 0 spiro atoms. The van der Waals surface area contributed by atoms with Gasteiger partial charge in [0.1, 0.15) is 11.2 Å². The minimum atomic E-state index is 0.0532. The third-order valence-electron chi connectivity index (χ3n) is 12.3. The Balaban J connectivity index is 1.02. The summed E-state index contributed by atoms with van der Waals surface area (Å²) in [5.74, 6) is 0. The molecule has 0 saturated heterocycles. The molecule has 0 N–H and O–H groups in total. The summed E-state index contributed by atoms with van der Waals surface area (Å²) in [5, 5.41) is 6.80. The van der Waals surface area contributed by atoms with Gasteiger partial charge < -0.3 is 14.2 Å². The summed E-state index contributed by atoms with van der Waals surface area (Å²) < 4.78 is 6.78. The fourth-order valence-corrected chi connectivity index (χ4v) is 9.12. The first-order valence-electron chi connectivity index (χ1n) is 21.7. The molecule has 0 amide bonds. The fourth-order valence-electron chi connectivity index (χ4n) is 9.12. The summed E-state index contributed by atoms with van der Waals surface area (Å²) in [6.07, 6.45) is 0. The molecule has 1 heterocycles. The number of anilines is 6. The third kappa shape index (κ3) is 7.08. The lowest BCUT2D eigenvalue weighted by Crippen LogP contribution is -2.13. The molecule has 11 aromatic rings. The van der Waals surface area contributed by atoms with Gasteiger partial charge in [0.15, 0.2) is 0 Å². The minimum Gasteiger partial charge on any atom is -0.456 e. The van der Waals surface area contributed by atoms with Gasteiger partial charge in [-0.3, -0.25) is 0 Å². The monoisotopic (exact) mass is 810 g/mol. The van der Waals surface area contributed by atoms with E-state index in [1.165, 1.54) is 38.6 Å². The van der Waals surface area contributed by atoms with Crippen LogP contribution in [0, 0.1) is 0 Å². The molecule has 0 bridgehead atoms. The van der Waals surface area contributed by atoms with E-state index in [0.717, 1.165) is 66.8 Å². The van der Waals surface area contributed by atoms with Crippen LogP contribution in [0.1, 0.15) is 26.3 Å². The van der Waals surface area contributed by atoms with E-state index < -0.39 is 0 Å². The van der Waals surface area contributed by atoms with Crippen LogP contribution in [-0.4, -0.2) is 0 Å². The summed E-state index contributed by atoms with van der Waals surface area (Å²) in [5.41, 5.74) is 14.4. The molecule has 3 nitrogen and oxygen atoms in total. The van der Waals surface area contributed by atoms with Gasteiger partial charge in [0.05, 0.1) is 11.4 Å². The zero-order chi connectivity index (χ0) is 42.5. The number of hydrogen-bond donors (Lipinski definition) is 0. The van der Waals surface area contributed by atoms with Crippen molar-refractivity contribution in [2.75, 3.05) is 9.80 Å². The van der Waals surface area contributed by atoms with Crippen LogP contribution >= 0.6 is 0 Å². The SMILES string of the molecule is CC(C)(C)c1ccc(N(c2ccc3cc4c(cc3c2)oc2cc3cc(N(c5ccccc5)c5ccccc5-c5ccccc5)ccc3cc24)c2ccccc2-c2ccccc2)cc1. The Kier molecular flexibility index (Phi) is 9.39. The summed E-state index contributed by atoms with van der Waals surface area (Å²) in [4.78, 5) is 4.74. The van der Waals surface area contributed by atoms with Crippen molar-refractivity contribution < 1.29 is 4.42 Å². The molecule has 63 heavy (non-hydrogen) atoms. The van der Waals surface area contributed by atoms with Gasteiger partial charge in [-0.25, -0.2) is 0 Å². The second kappa shape index (κ2) is 15.5. The lowest BCUT2D eigenvalue weighted by Gasteiger charge is -2.29. The molecule has 0 fully saturated rings. The Labute approximate surface area is 368 Å². The standard InChI is InChI=1S/C60H46N2O/c1-60(2,3)47-29-33-49(34-30-47)62(57-26-16-14-24-53(57)42-19-9-5-10-20-42)51-32-28-44-38-55-54-37-43-27-31-50(35-45(43)39-58(54)63-59(55)40-46(44)36-51)61(48-21-11-6-12-22-48)56-25-15-13-23-52(56)41-17-7-4-8-18-41/h4-40H,1-3H3. The van der Waals surface area contributed by atoms with Gasteiger partial charge in [0.2, 0.25) is 0 Å². The highest BCUT2D eigenvalue weighted by Gasteiger charge is 2.21. The van der Waals surface area contributed by atoms with Crippen LogP contribution in [0.15, 0.2) is 229 Å². The minimum absolute atomic E-state index is 0.0532. The number of nitrogens with zero attached hydrogens (tertiary/aromatic N) is 2. The summed E-state index contributed by atoms with van der Waals surface area (Å²) in [7, 11) is 0. The van der Waals surface area contributed by atoms with E-state index in [4.69, 9.17) is 4.42 Å². The second-order valence-corrected chi connectivity index (χ2v) is 17.4. The van der Waals surface area contributed by atoms with Gasteiger partial charge in [-0.05, 0) is 129 Å². The van der Waals surface area contributed by atoms with Crippen LogP contribution in [0.3, 0.4) is 0 Å². The topological polar surface area (TPSA) is 19.6 Å². The molecular weight excluding hydrogens is 765 g/mol. The smallest absolute Gasteiger partial charge is 0.136 e. The van der Waals surface area contributed by atoms with Crippen molar-refractivity contribution in [2.45, 2.75) is 26.2 Å². The van der Waals surface area contributed by atoms with Crippen molar-refractivity contribution in [2.24, 2.45) is 0 Å². The molecule has 302 valence electrons. The molecule has 0 aliphatic rings. The highest BCUT2D eigenvalue weighted by molar-refractivity contribution is 6.14. The van der Waals surface area contributed by atoms with E-state index in [1.54, 1.807) is 0 Å². The number of rotatable bonds is 8. The molecular formula is C60H46N2O. The Hall–Kier alpha value is -7.88. The van der Waals surface area contributed by atoms with Crippen molar-refractivity contribution in [3.63, 3.8) is 0 Å². The average Bonchev–Trinajstić information content (AvgIpc) is 3.67. The van der Waals surface area contributed by atoms with Gasteiger partial charge >= 0.3 is 0 Å². The van der Waals surface area contributed by atoms with Crippen molar-refractivity contribution in [3.8, 4) is 22.3 Å². The lowest BCUT2D eigenvalue weighted by atomic mass is 9.87. The van der Waals surface area contributed by atoms with Gasteiger partial charge in [-0.1, -0.05) is 160 Å². The highest BCUT2D eigenvalue weighted by atomic mass is 16.3. The maximum atomic E-state index is 6.78. The molecule has 0 radical (unpaired) electrons. The number of hydrogen-bond acceptors (Lipinski definition) is 3. The van der Waals surface area contributed by atoms with Gasteiger partial charge in [-0.15, -0.1) is 0 Å². The Morgan fingerprint density at radius 2 is 0.730 bits per heavy atom. The van der Waals surface area contributed by atoms with E-state index in [1.807, 2.05) is 0 Å². The first-order chi connectivity index (χ1) is 30.9.